The van der Waals surface area contributed by atoms with Gasteiger partial charge in [0.25, 0.3) is 0 Å². The second kappa shape index (κ2) is 5.46. The first-order chi connectivity index (χ1) is 8.59. The Morgan fingerprint density at radius 1 is 1.56 bits per heavy atom. The zero-order valence-electron chi connectivity index (χ0n) is 10.1. The third kappa shape index (κ3) is 2.68. The summed E-state index contributed by atoms with van der Waals surface area (Å²) in [4.78, 5) is 13.0. The van der Waals surface area contributed by atoms with Crippen molar-refractivity contribution in [3.8, 4) is 0 Å². The molecule has 1 amide bonds. The molecule has 1 aliphatic rings. The van der Waals surface area contributed by atoms with E-state index < -0.39 is 11.9 Å². The molecule has 2 unspecified atom stereocenters. The molecule has 5 heteroatoms. The highest BCUT2D eigenvalue weighted by atomic mass is 19.1. The molecule has 0 bridgehead atoms. The van der Waals surface area contributed by atoms with Crippen LogP contribution >= 0.6 is 0 Å². The molecule has 18 heavy (non-hydrogen) atoms. The van der Waals surface area contributed by atoms with E-state index in [4.69, 9.17) is 5.73 Å². The van der Waals surface area contributed by atoms with E-state index in [1.807, 2.05) is 4.90 Å². The Labute approximate surface area is 105 Å². The fraction of sp³-hybridized carbons (Fsp3) is 0.462. The van der Waals surface area contributed by atoms with Gasteiger partial charge in [0.1, 0.15) is 5.82 Å². The van der Waals surface area contributed by atoms with Crippen molar-refractivity contribution in [2.45, 2.75) is 25.0 Å². The van der Waals surface area contributed by atoms with Gasteiger partial charge in [-0.2, -0.15) is 0 Å². The SMILES string of the molecule is NC(=O)C1CCCN1CC(O)c1ccccc1F. The summed E-state index contributed by atoms with van der Waals surface area (Å²) >= 11 is 0. The van der Waals surface area contributed by atoms with Gasteiger partial charge in [-0.25, -0.2) is 4.39 Å². The zero-order valence-corrected chi connectivity index (χ0v) is 10.1. The van der Waals surface area contributed by atoms with Crippen molar-refractivity contribution in [1.29, 1.82) is 0 Å². The second-order valence-electron chi connectivity index (χ2n) is 4.59. The van der Waals surface area contributed by atoms with Gasteiger partial charge in [-0.15, -0.1) is 0 Å². The van der Waals surface area contributed by atoms with Crippen molar-refractivity contribution in [2.24, 2.45) is 5.73 Å². The van der Waals surface area contributed by atoms with Gasteiger partial charge in [0.05, 0.1) is 12.1 Å². The monoisotopic (exact) mass is 252 g/mol. The number of β-amino-alcohol motifs (C(OH)–C–C–N with tert-alkyl or cyclic N) is 1. The Kier molecular flexibility index (Phi) is 3.93. The molecule has 4 nitrogen and oxygen atoms in total. The average molecular weight is 252 g/mol. The van der Waals surface area contributed by atoms with E-state index in [1.165, 1.54) is 6.07 Å². The molecule has 1 aliphatic heterocycles. The van der Waals surface area contributed by atoms with Gasteiger partial charge in [0, 0.05) is 12.1 Å². The van der Waals surface area contributed by atoms with E-state index in [1.54, 1.807) is 18.2 Å². The highest BCUT2D eigenvalue weighted by Gasteiger charge is 2.30. The number of amides is 1. The van der Waals surface area contributed by atoms with E-state index in [0.717, 1.165) is 6.42 Å². The summed E-state index contributed by atoms with van der Waals surface area (Å²) in [6.45, 7) is 0.938. The highest BCUT2D eigenvalue weighted by molar-refractivity contribution is 5.80. The minimum absolute atomic E-state index is 0.231. The Hall–Kier alpha value is -1.46. The molecule has 0 aliphatic carbocycles. The van der Waals surface area contributed by atoms with Crippen molar-refractivity contribution in [1.82, 2.24) is 4.90 Å². The lowest BCUT2D eigenvalue weighted by molar-refractivity contribution is -0.122. The number of hydrogen-bond acceptors (Lipinski definition) is 3. The van der Waals surface area contributed by atoms with E-state index in [0.29, 0.717) is 13.0 Å². The van der Waals surface area contributed by atoms with Gasteiger partial charge in [-0.1, -0.05) is 18.2 Å². The number of hydrogen-bond donors (Lipinski definition) is 2. The summed E-state index contributed by atoms with van der Waals surface area (Å²) < 4.78 is 13.5. The molecule has 1 fully saturated rings. The van der Waals surface area contributed by atoms with Gasteiger partial charge in [-0.05, 0) is 25.5 Å². The van der Waals surface area contributed by atoms with E-state index in [-0.39, 0.29) is 24.1 Å². The summed E-state index contributed by atoms with van der Waals surface area (Å²) in [5, 5.41) is 10.0. The number of aliphatic hydroxyl groups excluding tert-OH is 1. The molecular formula is C13H17FN2O2. The van der Waals surface area contributed by atoms with Crippen LogP contribution in [-0.2, 0) is 4.79 Å². The maximum Gasteiger partial charge on any atom is 0.234 e. The molecule has 2 atom stereocenters. The largest absolute Gasteiger partial charge is 0.387 e. The highest BCUT2D eigenvalue weighted by Crippen LogP contribution is 2.23. The maximum atomic E-state index is 13.5. The lowest BCUT2D eigenvalue weighted by Gasteiger charge is -2.24. The van der Waals surface area contributed by atoms with Crippen LogP contribution in [0.1, 0.15) is 24.5 Å². The number of nitrogens with two attached hydrogens (primary N) is 1. The van der Waals surface area contributed by atoms with Gasteiger partial charge >= 0.3 is 0 Å². The lowest BCUT2D eigenvalue weighted by Crippen LogP contribution is -2.42. The second-order valence-corrected chi connectivity index (χ2v) is 4.59. The molecule has 3 N–H and O–H groups in total. The van der Waals surface area contributed by atoms with Crippen LogP contribution in [0.25, 0.3) is 0 Å². The molecule has 0 spiro atoms. The molecular weight excluding hydrogens is 235 g/mol. The summed E-state index contributed by atoms with van der Waals surface area (Å²) in [6, 6.07) is 5.78. The number of benzene rings is 1. The van der Waals surface area contributed by atoms with Crippen LogP contribution in [0.15, 0.2) is 24.3 Å². The standard InChI is InChI=1S/C13H17FN2O2/c14-10-5-2-1-4-9(10)12(17)8-16-7-3-6-11(16)13(15)18/h1-2,4-5,11-12,17H,3,6-8H2,(H2,15,18). The van der Waals surface area contributed by atoms with Gasteiger partial charge in [0.15, 0.2) is 0 Å². The molecule has 0 saturated carbocycles. The van der Waals surface area contributed by atoms with Crippen molar-refractivity contribution < 1.29 is 14.3 Å². The topological polar surface area (TPSA) is 66.6 Å². The first-order valence-electron chi connectivity index (χ1n) is 6.05. The minimum atomic E-state index is -0.939. The lowest BCUT2D eigenvalue weighted by atomic mass is 10.1. The van der Waals surface area contributed by atoms with Gasteiger partial charge in [0.2, 0.25) is 5.91 Å². The predicted molar refractivity (Wildman–Crippen MR) is 65.1 cm³/mol. The fourth-order valence-electron chi connectivity index (χ4n) is 2.43. The predicted octanol–water partition coefficient (Wildman–Crippen LogP) is 0.809. The van der Waals surface area contributed by atoms with Crippen molar-refractivity contribution in [3.63, 3.8) is 0 Å². The number of primary amides is 1. The molecule has 0 aromatic heterocycles. The number of aliphatic hydroxyl groups is 1. The van der Waals surface area contributed by atoms with Gasteiger partial charge < -0.3 is 10.8 Å². The Balaban J connectivity index is 2.05. The van der Waals surface area contributed by atoms with Crippen molar-refractivity contribution >= 4 is 5.91 Å². The summed E-state index contributed by atoms with van der Waals surface area (Å²) in [5.41, 5.74) is 5.55. The third-order valence-electron chi connectivity index (χ3n) is 3.36. The molecule has 98 valence electrons. The number of likely N-dealkylation sites (tertiary alicyclic amines) is 1. The summed E-state index contributed by atoms with van der Waals surface area (Å²) in [6.07, 6.45) is 0.642. The summed E-state index contributed by atoms with van der Waals surface area (Å²) in [7, 11) is 0. The third-order valence-corrected chi connectivity index (χ3v) is 3.36. The fourth-order valence-corrected chi connectivity index (χ4v) is 2.43. The number of carbonyl (C=O) groups excluding carboxylic acids is 1. The van der Waals surface area contributed by atoms with Crippen LogP contribution < -0.4 is 5.73 Å². The van der Waals surface area contributed by atoms with Crippen LogP contribution in [0, 0.1) is 5.82 Å². The Bertz CT molecular complexity index is 439. The normalized spacial score (nSPS) is 22.0. The number of rotatable bonds is 4. The van der Waals surface area contributed by atoms with Crippen LogP contribution in [0.3, 0.4) is 0 Å². The minimum Gasteiger partial charge on any atom is -0.387 e. The molecule has 2 rings (SSSR count). The van der Waals surface area contributed by atoms with Gasteiger partial charge in [-0.3, -0.25) is 9.69 Å². The van der Waals surface area contributed by atoms with Crippen molar-refractivity contribution in [3.05, 3.63) is 35.6 Å². The van der Waals surface area contributed by atoms with Crippen LogP contribution in [0.2, 0.25) is 0 Å². The van der Waals surface area contributed by atoms with Crippen LogP contribution in [0.5, 0.6) is 0 Å². The molecule has 1 aromatic carbocycles. The van der Waals surface area contributed by atoms with Crippen molar-refractivity contribution in [2.75, 3.05) is 13.1 Å². The molecule has 0 radical (unpaired) electrons. The molecule has 1 heterocycles. The van der Waals surface area contributed by atoms with Crippen LogP contribution in [0.4, 0.5) is 4.39 Å². The Morgan fingerprint density at radius 3 is 2.94 bits per heavy atom. The van der Waals surface area contributed by atoms with E-state index in [2.05, 4.69) is 0 Å². The molecule has 1 aromatic rings. The first kappa shape index (κ1) is 13.0. The molecule has 1 saturated heterocycles. The van der Waals surface area contributed by atoms with E-state index in [9.17, 15) is 14.3 Å². The number of nitrogens with zero attached hydrogens (tertiary/aromatic N) is 1. The Morgan fingerprint density at radius 2 is 2.28 bits per heavy atom. The quantitative estimate of drug-likeness (QED) is 0.833. The first-order valence-corrected chi connectivity index (χ1v) is 6.05. The van der Waals surface area contributed by atoms with Crippen LogP contribution in [-0.4, -0.2) is 35.0 Å². The van der Waals surface area contributed by atoms with E-state index >= 15 is 0 Å². The number of carbonyl (C=O) groups is 1. The average Bonchev–Trinajstić information content (AvgIpc) is 2.77. The smallest absolute Gasteiger partial charge is 0.234 e. The maximum absolute atomic E-state index is 13.5. The number of halogens is 1. The zero-order chi connectivity index (χ0) is 13.1. The summed E-state index contributed by atoms with van der Waals surface area (Å²) in [5.74, 6) is -0.812.